The summed E-state index contributed by atoms with van der Waals surface area (Å²) in [6.07, 6.45) is 8.74. The molecule has 0 aromatic heterocycles. The van der Waals surface area contributed by atoms with E-state index in [1.165, 1.54) is 38.5 Å². The minimum atomic E-state index is -0.445. The zero-order valence-corrected chi connectivity index (χ0v) is 14.3. The minimum absolute atomic E-state index is 0.138. The van der Waals surface area contributed by atoms with Gasteiger partial charge in [0.05, 0.1) is 12.1 Å². The van der Waals surface area contributed by atoms with Gasteiger partial charge < -0.3 is 14.8 Å². The molecule has 4 unspecified atom stereocenters. The van der Waals surface area contributed by atoms with Gasteiger partial charge in [-0.2, -0.15) is 0 Å². The first-order valence-electron chi connectivity index (χ1n) is 9.03. The van der Waals surface area contributed by atoms with Crippen LogP contribution in [0.25, 0.3) is 0 Å². The Balaban J connectivity index is 1.61. The van der Waals surface area contributed by atoms with Crippen LogP contribution in [0.3, 0.4) is 0 Å². The van der Waals surface area contributed by atoms with Crippen molar-refractivity contribution in [1.82, 2.24) is 5.32 Å². The third kappa shape index (κ3) is 4.15. The number of hydrogen-bond acceptors (Lipinski definition) is 3. The Kier molecular flexibility index (Phi) is 4.67. The molecule has 0 aromatic rings. The van der Waals surface area contributed by atoms with E-state index < -0.39 is 5.60 Å². The second kappa shape index (κ2) is 6.38. The van der Waals surface area contributed by atoms with E-state index in [2.05, 4.69) is 5.32 Å². The van der Waals surface area contributed by atoms with Gasteiger partial charge in [-0.1, -0.05) is 19.3 Å². The van der Waals surface area contributed by atoms with Crippen molar-refractivity contribution in [3.8, 4) is 0 Å². The lowest BCUT2D eigenvalue weighted by atomic mass is 9.80. The molecule has 3 aliphatic carbocycles. The van der Waals surface area contributed by atoms with Crippen LogP contribution in [0.15, 0.2) is 0 Å². The predicted octanol–water partition coefficient (Wildman–Crippen LogP) is 3.89. The summed E-state index contributed by atoms with van der Waals surface area (Å²) in [5.74, 6) is 2.06. The van der Waals surface area contributed by atoms with Crippen LogP contribution >= 0.6 is 0 Å². The molecule has 4 atom stereocenters. The summed E-state index contributed by atoms with van der Waals surface area (Å²) in [6.45, 7) is 6.60. The zero-order chi connectivity index (χ0) is 15.7. The minimum Gasteiger partial charge on any atom is -0.444 e. The van der Waals surface area contributed by atoms with Crippen LogP contribution in [0.5, 0.6) is 0 Å². The fourth-order valence-electron chi connectivity index (χ4n) is 4.08. The van der Waals surface area contributed by atoms with Crippen LogP contribution < -0.4 is 5.32 Å². The molecule has 0 aromatic carbocycles. The molecule has 3 rings (SSSR count). The predicted molar refractivity (Wildman–Crippen MR) is 85.7 cm³/mol. The number of carbonyl (C=O) groups excluding carboxylic acids is 1. The van der Waals surface area contributed by atoms with Crippen molar-refractivity contribution < 1.29 is 14.3 Å². The highest BCUT2D eigenvalue weighted by molar-refractivity contribution is 5.68. The van der Waals surface area contributed by atoms with Gasteiger partial charge in [-0.15, -0.1) is 0 Å². The standard InChI is InChI=1S/C18H31NO3/c1-18(2,3)22-17(20)19-16-14-7-5-4-6-13(14)10-15(16)21-11-12-8-9-12/h12-16H,4-11H2,1-3H3,(H,19,20). The highest BCUT2D eigenvalue weighted by atomic mass is 16.6. The summed E-state index contributed by atoms with van der Waals surface area (Å²) in [5, 5.41) is 3.14. The fraction of sp³-hybridized carbons (Fsp3) is 0.944. The van der Waals surface area contributed by atoms with E-state index in [1.807, 2.05) is 20.8 Å². The molecular weight excluding hydrogens is 278 g/mol. The van der Waals surface area contributed by atoms with Gasteiger partial charge in [0.25, 0.3) is 0 Å². The normalized spacial score (nSPS) is 35.0. The molecule has 1 N–H and O–H groups in total. The molecular formula is C18H31NO3. The Morgan fingerprint density at radius 1 is 1.14 bits per heavy atom. The third-order valence-corrected chi connectivity index (χ3v) is 5.29. The Morgan fingerprint density at radius 2 is 1.86 bits per heavy atom. The Hall–Kier alpha value is -0.770. The molecule has 0 radical (unpaired) electrons. The number of alkyl carbamates (subject to hydrolysis) is 1. The van der Waals surface area contributed by atoms with E-state index in [-0.39, 0.29) is 18.2 Å². The van der Waals surface area contributed by atoms with E-state index >= 15 is 0 Å². The first-order valence-corrected chi connectivity index (χ1v) is 9.03. The Labute approximate surface area is 134 Å². The lowest BCUT2D eigenvalue weighted by Gasteiger charge is -2.31. The summed E-state index contributed by atoms with van der Waals surface area (Å²) >= 11 is 0. The van der Waals surface area contributed by atoms with E-state index in [0.29, 0.717) is 5.92 Å². The van der Waals surface area contributed by atoms with Crippen molar-refractivity contribution in [2.24, 2.45) is 17.8 Å². The maximum Gasteiger partial charge on any atom is 0.407 e. The molecule has 4 nitrogen and oxygen atoms in total. The number of carbonyl (C=O) groups is 1. The van der Waals surface area contributed by atoms with Crippen molar-refractivity contribution in [1.29, 1.82) is 0 Å². The average Bonchev–Trinajstić information content (AvgIpc) is 3.18. The molecule has 3 fully saturated rings. The topological polar surface area (TPSA) is 47.6 Å². The summed E-state index contributed by atoms with van der Waals surface area (Å²) in [6, 6.07) is 0.138. The SMILES string of the molecule is CC(C)(C)OC(=O)NC1C(OCC2CC2)CC2CCCCC21. The number of rotatable bonds is 4. The van der Waals surface area contributed by atoms with Gasteiger partial charge in [-0.05, 0) is 64.2 Å². The zero-order valence-electron chi connectivity index (χ0n) is 14.3. The highest BCUT2D eigenvalue weighted by Crippen LogP contribution is 2.44. The van der Waals surface area contributed by atoms with Crippen LogP contribution in [0.4, 0.5) is 4.79 Å². The van der Waals surface area contributed by atoms with Gasteiger partial charge in [-0.3, -0.25) is 0 Å². The quantitative estimate of drug-likeness (QED) is 0.857. The van der Waals surface area contributed by atoms with Crippen molar-refractivity contribution in [3.63, 3.8) is 0 Å². The molecule has 22 heavy (non-hydrogen) atoms. The molecule has 0 aliphatic heterocycles. The van der Waals surface area contributed by atoms with Crippen molar-refractivity contribution >= 4 is 6.09 Å². The first kappa shape index (κ1) is 16.1. The number of hydrogen-bond donors (Lipinski definition) is 1. The van der Waals surface area contributed by atoms with Gasteiger partial charge in [0.2, 0.25) is 0 Å². The number of fused-ring (bicyclic) bond motifs is 1. The average molecular weight is 309 g/mol. The first-order chi connectivity index (χ1) is 10.4. The second-order valence-corrected chi connectivity index (χ2v) is 8.43. The highest BCUT2D eigenvalue weighted by Gasteiger charge is 2.46. The molecule has 0 heterocycles. The van der Waals surface area contributed by atoms with Gasteiger partial charge in [-0.25, -0.2) is 4.79 Å². The Morgan fingerprint density at radius 3 is 2.55 bits per heavy atom. The maximum absolute atomic E-state index is 12.2. The molecule has 0 saturated heterocycles. The van der Waals surface area contributed by atoms with Gasteiger partial charge in [0.15, 0.2) is 0 Å². The molecule has 1 amide bonds. The maximum atomic E-state index is 12.2. The largest absolute Gasteiger partial charge is 0.444 e. The van der Waals surface area contributed by atoms with Crippen LogP contribution in [-0.4, -0.2) is 30.4 Å². The molecule has 3 aliphatic rings. The second-order valence-electron chi connectivity index (χ2n) is 8.43. The fourth-order valence-corrected chi connectivity index (χ4v) is 4.08. The molecule has 3 saturated carbocycles. The third-order valence-electron chi connectivity index (χ3n) is 5.29. The summed E-state index contributed by atoms with van der Waals surface area (Å²) in [4.78, 5) is 12.2. The number of amides is 1. The van der Waals surface area contributed by atoms with Crippen molar-refractivity contribution in [2.75, 3.05) is 6.61 Å². The lowest BCUT2D eigenvalue weighted by Crippen LogP contribution is -2.47. The number of nitrogens with one attached hydrogen (secondary N) is 1. The van der Waals surface area contributed by atoms with Crippen LogP contribution in [0.1, 0.15) is 65.7 Å². The molecule has 0 bridgehead atoms. The molecule has 126 valence electrons. The molecule has 0 spiro atoms. The van der Waals surface area contributed by atoms with Crippen LogP contribution in [0, 0.1) is 17.8 Å². The molecule has 4 heteroatoms. The van der Waals surface area contributed by atoms with E-state index in [1.54, 1.807) is 0 Å². The van der Waals surface area contributed by atoms with E-state index in [9.17, 15) is 4.79 Å². The summed E-state index contributed by atoms with van der Waals surface area (Å²) < 4.78 is 11.7. The lowest BCUT2D eigenvalue weighted by molar-refractivity contribution is 0.0150. The van der Waals surface area contributed by atoms with Gasteiger partial charge in [0, 0.05) is 6.61 Å². The summed E-state index contributed by atoms with van der Waals surface area (Å²) in [5.41, 5.74) is -0.445. The summed E-state index contributed by atoms with van der Waals surface area (Å²) in [7, 11) is 0. The van der Waals surface area contributed by atoms with E-state index in [4.69, 9.17) is 9.47 Å². The monoisotopic (exact) mass is 309 g/mol. The van der Waals surface area contributed by atoms with Crippen LogP contribution in [-0.2, 0) is 9.47 Å². The van der Waals surface area contributed by atoms with E-state index in [0.717, 1.165) is 24.9 Å². The van der Waals surface area contributed by atoms with Gasteiger partial charge in [0.1, 0.15) is 5.60 Å². The smallest absolute Gasteiger partial charge is 0.407 e. The number of ether oxygens (including phenoxy) is 2. The van der Waals surface area contributed by atoms with Gasteiger partial charge >= 0.3 is 6.09 Å². The van der Waals surface area contributed by atoms with Crippen LogP contribution in [0.2, 0.25) is 0 Å². The van der Waals surface area contributed by atoms with Crippen molar-refractivity contribution in [3.05, 3.63) is 0 Å². The Bertz CT molecular complexity index is 400. The van der Waals surface area contributed by atoms with Crippen molar-refractivity contribution in [2.45, 2.75) is 83.5 Å².